The molecule has 0 saturated heterocycles. The van der Waals surface area contributed by atoms with E-state index in [-0.39, 0.29) is 25.7 Å². The van der Waals surface area contributed by atoms with Crippen LogP contribution in [0.3, 0.4) is 0 Å². The highest BCUT2D eigenvalue weighted by molar-refractivity contribution is 7.47. The molecule has 0 aromatic heterocycles. The molecule has 0 rings (SSSR count). The van der Waals surface area contributed by atoms with E-state index in [9.17, 15) is 43.2 Å². The predicted molar refractivity (Wildman–Crippen MR) is 408 cm³/mol. The number of carbonyl (C=O) groups excluding carboxylic acids is 4. The largest absolute Gasteiger partial charge is 0.472 e. The van der Waals surface area contributed by atoms with E-state index in [4.69, 9.17) is 37.0 Å². The molecule has 0 heterocycles. The third kappa shape index (κ3) is 70.8. The molecule has 17 nitrogen and oxygen atoms in total. The fourth-order valence-corrected chi connectivity index (χ4v) is 10.7. The number of hydrogen-bond acceptors (Lipinski definition) is 15. The average molecular weight is 1440 g/mol. The van der Waals surface area contributed by atoms with Gasteiger partial charge >= 0.3 is 39.5 Å². The number of phosphoric ester groups is 2. The van der Waals surface area contributed by atoms with Gasteiger partial charge in [0, 0.05) is 19.3 Å². The minimum atomic E-state index is -5.02. The summed E-state index contributed by atoms with van der Waals surface area (Å²) in [5, 5.41) is 10.6. The Morgan fingerprint density at radius 2 is 0.570 bits per heavy atom. The summed E-state index contributed by atoms with van der Waals surface area (Å²) in [6, 6.07) is 0. The molecule has 0 spiro atoms. The molecule has 0 aliphatic rings. The number of allylic oxidation sites excluding steroid dienone is 27. The topological polar surface area (TPSA) is 237 Å². The Hall–Kier alpha value is -5.58. The zero-order valence-electron chi connectivity index (χ0n) is 61.5. The van der Waals surface area contributed by atoms with Crippen LogP contribution in [-0.4, -0.2) is 96.7 Å². The summed E-state index contributed by atoms with van der Waals surface area (Å²) in [6.07, 6.45) is 83.9. The van der Waals surface area contributed by atoms with Crippen molar-refractivity contribution in [3.05, 3.63) is 170 Å². The zero-order chi connectivity index (χ0) is 73.2. The number of aliphatic hydroxyl groups excluding tert-OH is 1. The van der Waals surface area contributed by atoms with E-state index in [1.807, 2.05) is 24.3 Å². The number of ether oxygens (including phenoxy) is 4. The molecule has 0 radical (unpaired) electrons. The highest BCUT2D eigenvalue weighted by Crippen LogP contribution is 2.45. The van der Waals surface area contributed by atoms with Crippen molar-refractivity contribution in [3.8, 4) is 0 Å². The fourth-order valence-electron chi connectivity index (χ4n) is 9.10. The monoisotopic (exact) mass is 1440 g/mol. The van der Waals surface area contributed by atoms with Gasteiger partial charge in [-0.15, -0.1) is 0 Å². The second kappa shape index (κ2) is 71.8. The van der Waals surface area contributed by atoms with E-state index in [0.29, 0.717) is 32.1 Å². The van der Waals surface area contributed by atoms with Crippen LogP contribution in [0.2, 0.25) is 0 Å². The Balaban J connectivity index is 5.50. The maximum Gasteiger partial charge on any atom is 0.472 e. The minimum absolute atomic E-state index is 0.0570. The quantitative estimate of drug-likeness (QED) is 0.0169. The second-order valence-corrected chi connectivity index (χ2v) is 27.0. The van der Waals surface area contributed by atoms with Crippen LogP contribution in [0.5, 0.6) is 0 Å². The van der Waals surface area contributed by atoms with E-state index >= 15 is 0 Å². The van der Waals surface area contributed by atoms with Crippen LogP contribution in [0.25, 0.3) is 0 Å². The summed E-state index contributed by atoms with van der Waals surface area (Å²) < 4.78 is 68.2. The summed E-state index contributed by atoms with van der Waals surface area (Å²) in [5.41, 5.74) is 0. The lowest BCUT2D eigenvalue weighted by atomic mass is 10.1. The Morgan fingerprint density at radius 1 is 0.300 bits per heavy atom. The van der Waals surface area contributed by atoms with Crippen LogP contribution in [0.1, 0.15) is 259 Å². The van der Waals surface area contributed by atoms with Gasteiger partial charge in [-0.25, -0.2) is 9.13 Å². The highest BCUT2D eigenvalue weighted by Gasteiger charge is 2.30. The number of phosphoric acid groups is 2. The van der Waals surface area contributed by atoms with Crippen molar-refractivity contribution in [2.75, 3.05) is 39.6 Å². The van der Waals surface area contributed by atoms with E-state index in [0.717, 1.165) is 148 Å². The van der Waals surface area contributed by atoms with Crippen LogP contribution in [0, 0.1) is 0 Å². The Kier molecular flexibility index (Phi) is 67.8. The van der Waals surface area contributed by atoms with Crippen molar-refractivity contribution in [3.63, 3.8) is 0 Å². The zero-order valence-corrected chi connectivity index (χ0v) is 63.3. The van der Waals surface area contributed by atoms with Gasteiger partial charge < -0.3 is 33.8 Å². The molecule has 0 aliphatic carbocycles. The van der Waals surface area contributed by atoms with Gasteiger partial charge in [0.15, 0.2) is 12.2 Å². The first-order chi connectivity index (χ1) is 48.7. The summed E-state index contributed by atoms with van der Waals surface area (Å²) in [7, 11) is -10.0. The molecule has 0 fully saturated rings. The predicted octanol–water partition coefficient (Wildman–Crippen LogP) is 21.4. The molecule has 100 heavy (non-hydrogen) atoms. The molecule has 0 amide bonds. The van der Waals surface area contributed by atoms with E-state index in [1.165, 1.54) is 25.7 Å². The van der Waals surface area contributed by atoms with Crippen molar-refractivity contribution in [1.29, 1.82) is 0 Å². The number of aliphatic hydroxyl groups is 1. The van der Waals surface area contributed by atoms with Crippen LogP contribution in [0.4, 0.5) is 0 Å². The highest BCUT2D eigenvalue weighted by atomic mass is 31.2. The first-order valence-electron chi connectivity index (χ1n) is 37.4. The molecule has 0 aliphatic heterocycles. The molecular weight excluding hydrogens is 1310 g/mol. The van der Waals surface area contributed by atoms with E-state index in [1.54, 1.807) is 12.2 Å². The fraction of sp³-hybridized carbons (Fsp3) is 0.605. The van der Waals surface area contributed by atoms with Gasteiger partial charge in [-0.05, 0) is 148 Å². The molecule has 5 unspecified atom stereocenters. The first-order valence-corrected chi connectivity index (χ1v) is 40.4. The number of rotatable bonds is 68. The van der Waals surface area contributed by atoms with Crippen LogP contribution >= 0.6 is 15.6 Å². The molecule has 5 atom stereocenters. The first kappa shape index (κ1) is 94.4. The van der Waals surface area contributed by atoms with Crippen molar-refractivity contribution in [2.45, 2.75) is 277 Å². The molecule has 0 aromatic rings. The van der Waals surface area contributed by atoms with E-state index in [2.05, 4.69) is 161 Å². The molecular formula is C81H130O17P2. The normalized spacial score (nSPS) is 14.9. The van der Waals surface area contributed by atoms with Crippen molar-refractivity contribution in [1.82, 2.24) is 0 Å². The van der Waals surface area contributed by atoms with Gasteiger partial charge in [0.1, 0.15) is 19.3 Å². The van der Waals surface area contributed by atoms with Gasteiger partial charge in [-0.3, -0.25) is 37.3 Å². The lowest BCUT2D eigenvalue weighted by Gasteiger charge is -2.21. The Morgan fingerprint density at radius 3 is 0.940 bits per heavy atom. The van der Waals surface area contributed by atoms with Crippen molar-refractivity contribution in [2.24, 2.45) is 0 Å². The molecule has 3 N–H and O–H groups in total. The third-order valence-corrected chi connectivity index (χ3v) is 16.6. The standard InChI is InChI=1S/C81H130O17P2/c1-5-9-13-17-21-25-29-33-36-37-40-43-46-50-54-58-62-66-79(84)92-72-77(98-81(86)68-64-60-56-52-48-44-39-35-31-27-23-19-15-11-7-3)74-96-100(89,90)94-70-75(82)69-93-99(87,88)95-73-76(97-80(85)67-63-59-55-51-47-41-32-28-24-20-16-12-8-4)71-91-78(83)65-61-57-53-49-45-42-38-34-30-26-22-18-14-10-6-2/h9-11,13-15,21-23,25-28,32-36,38-40,43,48,50,52,54,60,64,75-77,82H,5-8,12,16-20,24,29-31,37,41-42,44-47,49,51,53,55-59,61-63,65-74H2,1-4H3,(H,87,88)(H,89,90)/b13-9-,14-10-,15-11-,25-21-,26-22-,27-23-,32-28-,36-33-,38-34-,39-35-,43-40-,52-48-,54-50-,64-60-. The van der Waals surface area contributed by atoms with Crippen molar-refractivity contribution < 1.29 is 80.2 Å². The van der Waals surface area contributed by atoms with Gasteiger partial charge in [0.25, 0.3) is 0 Å². The summed E-state index contributed by atoms with van der Waals surface area (Å²) >= 11 is 0. The maximum absolute atomic E-state index is 13.1. The third-order valence-electron chi connectivity index (χ3n) is 14.7. The van der Waals surface area contributed by atoms with Crippen LogP contribution < -0.4 is 0 Å². The molecule has 0 saturated carbocycles. The number of hydrogen-bond donors (Lipinski definition) is 3. The Bertz CT molecular complexity index is 2570. The Labute approximate surface area is 603 Å². The summed E-state index contributed by atoms with van der Waals surface area (Å²) in [6.45, 7) is 4.27. The molecule has 19 heteroatoms. The van der Waals surface area contributed by atoms with E-state index < -0.39 is 97.5 Å². The van der Waals surface area contributed by atoms with Gasteiger partial charge in [-0.1, -0.05) is 256 Å². The molecule has 566 valence electrons. The van der Waals surface area contributed by atoms with Gasteiger partial charge in [0.05, 0.1) is 32.8 Å². The maximum atomic E-state index is 13.1. The summed E-state index contributed by atoms with van der Waals surface area (Å²) in [4.78, 5) is 72.7. The number of esters is 4. The van der Waals surface area contributed by atoms with Crippen LogP contribution in [0.15, 0.2) is 170 Å². The van der Waals surface area contributed by atoms with Gasteiger partial charge in [-0.2, -0.15) is 0 Å². The molecule has 0 aromatic carbocycles. The average Bonchev–Trinajstić information content (AvgIpc) is 1.06. The van der Waals surface area contributed by atoms with Gasteiger partial charge in [0.2, 0.25) is 0 Å². The summed E-state index contributed by atoms with van der Waals surface area (Å²) in [5.74, 6) is -2.44. The lowest BCUT2D eigenvalue weighted by Crippen LogP contribution is -2.30. The number of unbranched alkanes of at least 4 members (excludes halogenated alkanes) is 15. The second-order valence-electron chi connectivity index (χ2n) is 24.1. The van der Waals surface area contributed by atoms with Crippen molar-refractivity contribution >= 4 is 39.5 Å². The lowest BCUT2D eigenvalue weighted by molar-refractivity contribution is -0.161. The SMILES string of the molecule is CC/C=C\C/C=C\C/C=C\C/C=C\C/C=C\CCCC(=O)OCC(COP(=O)(O)OCC(O)COP(=O)(O)OCC(COC(=O)CCCCCCC/C=C\C/C=C\C/C=C\CC)OC(=O)CCCCCCC/C=C\CCCCCC)OC(=O)C/C=C\C/C=C\C/C=C\C/C=C\C/C=C\CC. The smallest absolute Gasteiger partial charge is 0.462 e. The van der Waals surface area contributed by atoms with Crippen LogP contribution in [-0.2, 0) is 65.4 Å². The minimum Gasteiger partial charge on any atom is -0.462 e. The number of carbonyl (C=O) groups is 4. The molecule has 0 bridgehead atoms.